The van der Waals surface area contributed by atoms with E-state index in [2.05, 4.69) is 10.6 Å². The van der Waals surface area contributed by atoms with E-state index >= 15 is 0 Å². The third-order valence-corrected chi connectivity index (χ3v) is 5.13. The predicted molar refractivity (Wildman–Crippen MR) is 104 cm³/mol. The van der Waals surface area contributed by atoms with Crippen LogP contribution >= 0.6 is 11.8 Å². The molecule has 9 heteroatoms. The fourth-order valence-corrected chi connectivity index (χ4v) is 3.13. The van der Waals surface area contributed by atoms with E-state index in [1.807, 2.05) is 31.2 Å². The maximum absolute atomic E-state index is 11.9. The first-order valence-corrected chi connectivity index (χ1v) is 10.3. The summed E-state index contributed by atoms with van der Waals surface area (Å²) in [5.41, 5.74) is 2.26. The van der Waals surface area contributed by atoms with Crippen LogP contribution in [-0.2, 0) is 19.6 Å². The van der Waals surface area contributed by atoms with Crippen LogP contribution in [0.3, 0.4) is 0 Å². The van der Waals surface area contributed by atoms with Crippen LogP contribution in [0, 0.1) is 6.92 Å². The zero-order valence-corrected chi connectivity index (χ0v) is 15.7. The lowest BCUT2D eigenvalue weighted by Crippen LogP contribution is -2.18. The van der Waals surface area contributed by atoms with Crippen molar-refractivity contribution in [3.63, 3.8) is 0 Å². The predicted octanol–water partition coefficient (Wildman–Crippen LogP) is 1.95. The number of aryl methyl sites for hydroxylation is 1. The number of carbonyl (C=O) groups is 2. The van der Waals surface area contributed by atoms with E-state index in [-0.39, 0.29) is 28.2 Å². The molecule has 0 heterocycles. The number of rotatable bonds is 7. The third kappa shape index (κ3) is 6.51. The molecule has 4 N–H and O–H groups in total. The van der Waals surface area contributed by atoms with Gasteiger partial charge in [0.2, 0.25) is 21.8 Å². The maximum atomic E-state index is 11.9. The number of hydrogen-bond acceptors (Lipinski definition) is 5. The lowest BCUT2D eigenvalue weighted by atomic mass is 10.2. The molecule has 0 bridgehead atoms. The minimum atomic E-state index is -3.76. The second kappa shape index (κ2) is 8.84. The first-order valence-electron chi connectivity index (χ1n) is 7.61. The normalized spacial score (nSPS) is 11.0. The molecular weight excluding hydrogens is 374 g/mol. The Bertz CT molecular complexity index is 879. The second-order valence-corrected chi connectivity index (χ2v) is 8.07. The van der Waals surface area contributed by atoms with Gasteiger partial charge in [0.25, 0.3) is 0 Å². The van der Waals surface area contributed by atoms with Gasteiger partial charge in [0.1, 0.15) is 0 Å². The molecule has 7 nitrogen and oxygen atoms in total. The zero-order chi connectivity index (χ0) is 19.2. The maximum Gasteiger partial charge on any atom is 0.238 e. The molecule has 0 saturated carbocycles. The summed E-state index contributed by atoms with van der Waals surface area (Å²) in [7, 11) is -3.76. The molecule has 0 atom stereocenters. The molecule has 0 saturated heterocycles. The van der Waals surface area contributed by atoms with Crippen molar-refractivity contribution in [3.05, 3.63) is 54.1 Å². The van der Waals surface area contributed by atoms with E-state index < -0.39 is 10.0 Å². The monoisotopic (exact) mass is 393 g/mol. The van der Waals surface area contributed by atoms with Gasteiger partial charge < -0.3 is 10.6 Å². The lowest BCUT2D eigenvalue weighted by Gasteiger charge is -2.07. The number of nitrogens with one attached hydrogen (secondary N) is 2. The van der Waals surface area contributed by atoms with Crippen LogP contribution in [0.5, 0.6) is 0 Å². The third-order valence-electron chi connectivity index (χ3n) is 3.27. The fourth-order valence-electron chi connectivity index (χ4n) is 2.00. The quantitative estimate of drug-likeness (QED) is 0.664. The first-order chi connectivity index (χ1) is 12.2. The second-order valence-electron chi connectivity index (χ2n) is 5.52. The summed E-state index contributed by atoms with van der Waals surface area (Å²) < 4.78 is 22.3. The molecule has 0 aromatic heterocycles. The number of thioether (sulfide) groups is 1. The van der Waals surface area contributed by atoms with Gasteiger partial charge in [-0.3, -0.25) is 9.59 Å². The molecule has 0 aliphatic carbocycles. The average molecular weight is 393 g/mol. The number of benzene rings is 2. The van der Waals surface area contributed by atoms with Crippen LogP contribution in [0.25, 0.3) is 0 Å². The van der Waals surface area contributed by atoms with Gasteiger partial charge in [-0.1, -0.05) is 17.7 Å². The number of anilines is 2. The fraction of sp³-hybridized carbons (Fsp3) is 0.176. The highest BCUT2D eigenvalue weighted by atomic mass is 32.2. The molecule has 0 spiro atoms. The Morgan fingerprint density at radius 1 is 0.885 bits per heavy atom. The van der Waals surface area contributed by atoms with Crippen molar-refractivity contribution in [1.82, 2.24) is 0 Å². The summed E-state index contributed by atoms with van der Waals surface area (Å²) in [6, 6.07) is 13.0. The van der Waals surface area contributed by atoms with E-state index in [9.17, 15) is 18.0 Å². The molecule has 0 fully saturated rings. The van der Waals surface area contributed by atoms with Crippen molar-refractivity contribution < 1.29 is 18.0 Å². The molecule has 26 heavy (non-hydrogen) atoms. The Labute approximate surface area is 156 Å². The molecule has 2 rings (SSSR count). The molecule has 2 aromatic carbocycles. The summed E-state index contributed by atoms with van der Waals surface area (Å²) in [5.74, 6) is -0.241. The van der Waals surface area contributed by atoms with Crippen molar-refractivity contribution in [2.45, 2.75) is 11.8 Å². The molecule has 2 amide bonds. The topological polar surface area (TPSA) is 118 Å². The van der Waals surface area contributed by atoms with Crippen molar-refractivity contribution in [3.8, 4) is 0 Å². The van der Waals surface area contributed by atoms with Crippen LogP contribution in [0.1, 0.15) is 5.56 Å². The van der Waals surface area contributed by atoms with Gasteiger partial charge in [0, 0.05) is 11.4 Å². The smallest absolute Gasteiger partial charge is 0.238 e. The number of primary sulfonamides is 1. The Balaban J connectivity index is 1.74. The van der Waals surface area contributed by atoms with Crippen molar-refractivity contribution in [2.75, 3.05) is 22.1 Å². The minimum Gasteiger partial charge on any atom is -0.325 e. The molecule has 0 unspecified atom stereocenters. The summed E-state index contributed by atoms with van der Waals surface area (Å²) in [4.78, 5) is 23.7. The Morgan fingerprint density at radius 3 is 1.73 bits per heavy atom. The van der Waals surface area contributed by atoms with E-state index in [0.29, 0.717) is 11.4 Å². The van der Waals surface area contributed by atoms with Gasteiger partial charge in [-0.2, -0.15) is 0 Å². The largest absolute Gasteiger partial charge is 0.325 e. The SMILES string of the molecule is Cc1ccc(NC(=O)CSCC(=O)Nc2ccc(S(N)(=O)=O)cc2)cc1. The van der Waals surface area contributed by atoms with E-state index in [1.54, 1.807) is 0 Å². The lowest BCUT2D eigenvalue weighted by molar-refractivity contribution is -0.114. The van der Waals surface area contributed by atoms with Crippen LogP contribution in [-0.4, -0.2) is 31.7 Å². The van der Waals surface area contributed by atoms with Gasteiger partial charge in [-0.15, -0.1) is 11.8 Å². The van der Waals surface area contributed by atoms with Gasteiger partial charge in [-0.05, 0) is 43.3 Å². The average Bonchev–Trinajstić information content (AvgIpc) is 2.56. The van der Waals surface area contributed by atoms with Gasteiger partial charge in [0.05, 0.1) is 16.4 Å². The highest BCUT2D eigenvalue weighted by Gasteiger charge is 2.09. The van der Waals surface area contributed by atoms with Crippen molar-refractivity contribution in [1.29, 1.82) is 0 Å². The highest BCUT2D eigenvalue weighted by Crippen LogP contribution is 2.14. The first kappa shape index (κ1) is 20.0. The highest BCUT2D eigenvalue weighted by molar-refractivity contribution is 8.00. The summed E-state index contributed by atoms with van der Waals surface area (Å²) in [6.45, 7) is 1.96. The summed E-state index contributed by atoms with van der Waals surface area (Å²) >= 11 is 1.18. The number of sulfonamides is 1. The van der Waals surface area contributed by atoms with Crippen molar-refractivity contribution in [2.24, 2.45) is 5.14 Å². The Kier molecular flexibility index (Phi) is 6.78. The molecule has 0 radical (unpaired) electrons. The zero-order valence-electron chi connectivity index (χ0n) is 14.1. The van der Waals surface area contributed by atoms with Gasteiger partial charge in [0.15, 0.2) is 0 Å². The van der Waals surface area contributed by atoms with E-state index in [4.69, 9.17) is 5.14 Å². The molecule has 0 aliphatic heterocycles. The number of carbonyl (C=O) groups excluding carboxylic acids is 2. The number of amides is 2. The summed E-state index contributed by atoms with van der Waals surface area (Å²) in [6.07, 6.45) is 0. The van der Waals surface area contributed by atoms with Crippen LogP contribution < -0.4 is 15.8 Å². The molecular formula is C17H19N3O4S2. The molecule has 2 aromatic rings. The van der Waals surface area contributed by atoms with Gasteiger partial charge in [-0.25, -0.2) is 13.6 Å². The number of nitrogens with two attached hydrogens (primary N) is 1. The van der Waals surface area contributed by atoms with Crippen molar-refractivity contribution >= 4 is 45.0 Å². The molecule has 138 valence electrons. The van der Waals surface area contributed by atoms with E-state index in [1.165, 1.54) is 36.0 Å². The minimum absolute atomic E-state index is 0.0300. The Morgan fingerprint density at radius 2 is 1.31 bits per heavy atom. The molecule has 0 aliphatic rings. The van der Waals surface area contributed by atoms with Crippen LogP contribution in [0.4, 0.5) is 11.4 Å². The number of hydrogen-bond donors (Lipinski definition) is 3. The van der Waals surface area contributed by atoms with Gasteiger partial charge >= 0.3 is 0 Å². The standard InChI is InChI=1S/C17H19N3O4S2/c1-12-2-4-13(5-3-12)19-16(21)10-25-11-17(22)20-14-6-8-15(9-7-14)26(18,23)24/h2-9H,10-11H2,1H3,(H,19,21)(H,20,22)(H2,18,23,24). The summed E-state index contributed by atoms with van der Waals surface area (Å²) in [5, 5.41) is 10.4. The van der Waals surface area contributed by atoms with Crippen LogP contribution in [0.15, 0.2) is 53.4 Å². The van der Waals surface area contributed by atoms with Crippen LogP contribution in [0.2, 0.25) is 0 Å². The van der Waals surface area contributed by atoms with E-state index in [0.717, 1.165) is 5.56 Å². The Hall–Kier alpha value is -2.36.